The Labute approximate surface area is 92.9 Å². The molecule has 1 rings (SSSR count). The van der Waals surface area contributed by atoms with Crippen LogP contribution in [0.1, 0.15) is 47.0 Å². The third-order valence-electron chi connectivity index (χ3n) is 3.46. The van der Waals surface area contributed by atoms with Crippen LogP contribution in [0, 0.1) is 0 Å². The number of aromatic nitrogens is 2. The maximum atomic E-state index is 4.37. The molecule has 1 aromatic heterocycles. The van der Waals surface area contributed by atoms with Crippen molar-refractivity contribution < 1.29 is 0 Å². The lowest BCUT2D eigenvalue weighted by molar-refractivity contribution is 0.415. The summed E-state index contributed by atoms with van der Waals surface area (Å²) in [6, 6.07) is 0. The first kappa shape index (κ1) is 12.1. The van der Waals surface area contributed by atoms with E-state index in [4.69, 9.17) is 0 Å². The van der Waals surface area contributed by atoms with Crippen molar-refractivity contribution in [3.05, 3.63) is 12.4 Å². The summed E-state index contributed by atoms with van der Waals surface area (Å²) in [5, 5.41) is 3.59. The van der Waals surface area contributed by atoms with E-state index in [2.05, 4.69) is 42.6 Å². The fourth-order valence-corrected chi connectivity index (χ4v) is 1.94. The Hall–Kier alpha value is -0.990. The maximum absolute atomic E-state index is 4.37. The molecule has 1 heterocycles. The second-order valence-electron chi connectivity index (χ2n) is 4.00. The molecule has 0 aliphatic carbocycles. The average molecular weight is 209 g/mol. The van der Waals surface area contributed by atoms with Gasteiger partial charge in [-0.3, -0.25) is 0 Å². The van der Waals surface area contributed by atoms with Gasteiger partial charge < -0.3 is 9.88 Å². The van der Waals surface area contributed by atoms with E-state index in [-0.39, 0.29) is 5.54 Å². The molecule has 0 spiro atoms. The lowest BCUT2D eigenvalue weighted by Crippen LogP contribution is -2.37. The van der Waals surface area contributed by atoms with Crippen LogP contribution in [0.2, 0.25) is 0 Å². The monoisotopic (exact) mass is 209 g/mol. The van der Waals surface area contributed by atoms with Gasteiger partial charge in [0, 0.05) is 24.5 Å². The van der Waals surface area contributed by atoms with E-state index in [1.54, 1.807) is 0 Å². The SMILES string of the molecule is CCn1ccnc1NC(CC)(CC)CC. The zero-order valence-corrected chi connectivity index (χ0v) is 10.4. The minimum absolute atomic E-state index is 0.207. The van der Waals surface area contributed by atoms with Crippen LogP contribution in [0.4, 0.5) is 5.95 Å². The normalized spacial score (nSPS) is 11.7. The molecule has 0 aliphatic heterocycles. The minimum Gasteiger partial charge on any atom is -0.350 e. The van der Waals surface area contributed by atoms with Crippen molar-refractivity contribution in [3.8, 4) is 0 Å². The molecular weight excluding hydrogens is 186 g/mol. The molecule has 0 saturated carbocycles. The molecular formula is C12H23N3. The van der Waals surface area contributed by atoms with E-state index in [9.17, 15) is 0 Å². The number of hydrogen-bond donors (Lipinski definition) is 1. The molecule has 0 atom stereocenters. The second kappa shape index (κ2) is 5.19. The van der Waals surface area contributed by atoms with E-state index in [1.807, 2.05) is 12.4 Å². The molecule has 0 saturated heterocycles. The van der Waals surface area contributed by atoms with E-state index in [0.29, 0.717) is 0 Å². The van der Waals surface area contributed by atoms with Gasteiger partial charge in [0.15, 0.2) is 0 Å². The molecule has 3 heteroatoms. The summed E-state index contributed by atoms with van der Waals surface area (Å²) in [5.74, 6) is 1.00. The average Bonchev–Trinajstić information content (AvgIpc) is 2.73. The molecule has 15 heavy (non-hydrogen) atoms. The highest BCUT2D eigenvalue weighted by Crippen LogP contribution is 2.24. The largest absolute Gasteiger partial charge is 0.350 e. The molecule has 1 aromatic rings. The summed E-state index contributed by atoms with van der Waals surface area (Å²) in [7, 11) is 0. The highest BCUT2D eigenvalue weighted by molar-refractivity contribution is 5.30. The van der Waals surface area contributed by atoms with Gasteiger partial charge in [-0.15, -0.1) is 0 Å². The van der Waals surface area contributed by atoms with Crippen molar-refractivity contribution >= 4 is 5.95 Å². The van der Waals surface area contributed by atoms with Crippen LogP contribution in [0.15, 0.2) is 12.4 Å². The zero-order chi connectivity index (χ0) is 11.3. The van der Waals surface area contributed by atoms with Crippen LogP contribution in [0.25, 0.3) is 0 Å². The second-order valence-corrected chi connectivity index (χ2v) is 4.00. The first-order chi connectivity index (χ1) is 7.21. The van der Waals surface area contributed by atoms with Crippen LogP contribution < -0.4 is 5.32 Å². The number of rotatable bonds is 6. The third-order valence-corrected chi connectivity index (χ3v) is 3.46. The highest BCUT2D eigenvalue weighted by atomic mass is 15.2. The van der Waals surface area contributed by atoms with Crippen LogP contribution in [-0.2, 0) is 6.54 Å². The van der Waals surface area contributed by atoms with Crippen molar-refractivity contribution in [3.63, 3.8) is 0 Å². The van der Waals surface area contributed by atoms with E-state index < -0.39 is 0 Å². The van der Waals surface area contributed by atoms with Gasteiger partial charge in [-0.1, -0.05) is 20.8 Å². The molecule has 0 bridgehead atoms. The van der Waals surface area contributed by atoms with Gasteiger partial charge in [0.1, 0.15) is 0 Å². The molecule has 0 unspecified atom stereocenters. The van der Waals surface area contributed by atoms with Crippen molar-refractivity contribution in [2.75, 3.05) is 5.32 Å². The standard InChI is InChI=1S/C12H23N3/c1-5-12(6-2,7-3)14-11-13-9-10-15(11)8-4/h9-10H,5-8H2,1-4H3,(H,13,14). The lowest BCUT2D eigenvalue weighted by Gasteiger charge is -2.32. The lowest BCUT2D eigenvalue weighted by atomic mass is 9.90. The Kier molecular flexibility index (Phi) is 4.18. The quantitative estimate of drug-likeness (QED) is 0.779. The molecule has 86 valence electrons. The fraction of sp³-hybridized carbons (Fsp3) is 0.750. The van der Waals surface area contributed by atoms with E-state index in [1.165, 1.54) is 0 Å². The first-order valence-corrected chi connectivity index (χ1v) is 6.00. The Balaban J connectivity index is 2.82. The number of aryl methyl sites for hydroxylation is 1. The molecule has 0 aromatic carbocycles. The predicted octanol–water partition coefficient (Wildman–Crippen LogP) is 3.28. The summed E-state index contributed by atoms with van der Waals surface area (Å²) in [5.41, 5.74) is 0.207. The van der Waals surface area contributed by atoms with Crippen molar-refractivity contribution in [1.82, 2.24) is 9.55 Å². The van der Waals surface area contributed by atoms with Crippen molar-refractivity contribution in [1.29, 1.82) is 0 Å². The molecule has 1 N–H and O–H groups in total. The first-order valence-electron chi connectivity index (χ1n) is 6.00. The van der Waals surface area contributed by atoms with Gasteiger partial charge in [0.2, 0.25) is 5.95 Å². The van der Waals surface area contributed by atoms with E-state index in [0.717, 1.165) is 31.8 Å². The summed E-state index contributed by atoms with van der Waals surface area (Å²) in [6.07, 6.45) is 7.29. The van der Waals surface area contributed by atoms with Gasteiger partial charge in [-0.25, -0.2) is 4.98 Å². The number of nitrogens with zero attached hydrogens (tertiary/aromatic N) is 2. The van der Waals surface area contributed by atoms with Gasteiger partial charge in [0.05, 0.1) is 0 Å². The Morgan fingerprint density at radius 3 is 2.27 bits per heavy atom. The number of anilines is 1. The maximum Gasteiger partial charge on any atom is 0.203 e. The van der Waals surface area contributed by atoms with Crippen LogP contribution in [0.3, 0.4) is 0 Å². The third kappa shape index (κ3) is 2.52. The molecule has 0 radical (unpaired) electrons. The summed E-state index contributed by atoms with van der Waals surface area (Å²) < 4.78 is 2.15. The van der Waals surface area contributed by atoms with Gasteiger partial charge in [-0.05, 0) is 26.2 Å². The smallest absolute Gasteiger partial charge is 0.203 e. The summed E-state index contributed by atoms with van der Waals surface area (Å²) >= 11 is 0. The van der Waals surface area contributed by atoms with Crippen LogP contribution in [0.5, 0.6) is 0 Å². The summed E-state index contributed by atoms with van der Waals surface area (Å²) in [4.78, 5) is 4.37. The highest BCUT2D eigenvalue weighted by Gasteiger charge is 2.24. The minimum atomic E-state index is 0.207. The van der Waals surface area contributed by atoms with Gasteiger partial charge in [0.25, 0.3) is 0 Å². The van der Waals surface area contributed by atoms with Crippen LogP contribution in [-0.4, -0.2) is 15.1 Å². The molecule has 0 aliphatic rings. The number of imidazole rings is 1. The van der Waals surface area contributed by atoms with Crippen molar-refractivity contribution in [2.24, 2.45) is 0 Å². The molecule has 0 amide bonds. The van der Waals surface area contributed by atoms with Gasteiger partial charge in [-0.2, -0.15) is 0 Å². The molecule has 0 fully saturated rings. The molecule has 3 nitrogen and oxygen atoms in total. The fourth-order valence-electron chi connectivity index (χ4n) is 1.94. The number of hydrogen-bond acceptors (Lipinski definition) is 2. The summed E-state index contributed by atoms with van der Waals surface area (Å²) in [6.45, 7) is 9.81. The Bertz CT molecular complexity index is 279. The van der Waals surface area contributed by atoms with E-state index >= 15 is 0 Å². The zero-order valence-electron chi connectivity index (χ0n) is 10.4. The Morgan fingerprint density at radius 2 is 1.80 bits per heavy atom. The van der Waals surface area contributed by atoms with Crippen molar-refractivity contribution in [2.45, 2.75) is 59.0 Å². The topological polar surface area (TPSA) is 29.9 Å². The number of nitrogens with one attached hydrogen (secondary N) is 1. The van der Waals surface area contributed by atoms with Crippen LogP contribution >= 0.6 is 0 Å². The predicted molar refractivity (Wildman–Crippen MR) is 65.1 cm³/mol. The Morgan fingerprint density at radius 1 is 1.20 bits per heavy atom. The van der Waals surface area contributed by atoms with Gasteiger partial charge >= 0.3 is 0 Å².